The molecule has 0 aromatic rings. The summed E-state index contributed by atoms with van der Waals surface area (Å²) in [6.45, 7) is 0.953. The number of carbonyl (C=O) groups is 5. The summed E-state index contributed by atoms with van der Waals surface area (Å²) >= 11 is 0. The summed E-state index contributed by atoms with van der Waals surface area (Å²) in [5.74, 6) is -4.43. The van der Waals surface area contributed by atoms with Crippen LogP contribution in [0.25, 0.3) is 0 Å². The lowest BCUT2D eigenvalue weighted by molar-refractivity contribution is -0.143. The van der Waals surface area contributed by atoms with Gasteiger partial charge in [-0.25, -0.2) is 4.79 Å². The predicted molar refractivity (Wildman–Crippen MR) is 105 cm³/mol. The minimum absolute atomic E-state index is 0.207. The standard InChI is InChI=1S/C17H32N6O7/c1-9(19)14(26)21-10(4-2-3-7-18)15(27)22-11(5-6-13(20)25)16(28)23-12(8-24)17(29)30/h9-12,24H,2-8,18-19H2,1H3,(H2,20,25)(H,21,26)(H,22,27)(H,23,28)(H,29,30). The molecule has 0 aromatic carbocycles. The van der Waals surface area contributed by atoms with Crippen molar-refractivity contribution in [2.75, 3.05) is 13.2 Å². The maximum atomic E-state index is 12.7. The van der Waals surface area contributed by atoms with Gasteiger partial charge < -0.3 is 43.4 Å². The molecule has 0 saturated carbocycles. The number of carboxylic acid groups (broad SMARTS) is 1. The first kappa shape index (κ1) is 27.2. The Hall–Kier alpha value is -2.77. The molecule has 4 atom stereocenters. The van der Waals surface area contributed by atoms with Gasteiger partial charge in [0.15, 0.2) is 0 Å². The number of aliphatic hydroxyl groups excluding tert-OH is 1. The average Bonchev–Trinajstić information content (AvgIpc) is 2.67. The van der Waals surface area contributed by atoms with Gasteiger partial charge in [-0.3, -0.25) is 19.2 Å². The highest BCUT2D eigenvalue weighted by atomic mass is 16.4. The summed E-state index contributed by atoms with van der Waals surface area (Å²) < 4.78 is 0. The van der Waals surface area contributed by atoms with Crippen LogP contribution in [-0.4, -0.2) is 77.1 Å². The molecule has 4 unspecified atom stereocenters. The van der Waals surface area contributed by atoms with E-state index in [1.165, 1.54) is 6.92 Å². The molecule has 0 spiro atoms. The zero-order valence-electron chi connectivity index (χ0n) is 16.9. The van der Waals surface area contributed by atoms with Crippen molar-refractivity contribution in [2.45, 2.75) is 63.2 Å². The lowest BCUT2D eigenvalue weighted by atomic mass is 10.1. The first-order valence-corrected chi connectivity index (χ1v) is 9.52. The number of nitrogens with two attached hydrogens (primary N) is 3. The number of unbranched alkanes of at least 4 members (excludes halogenated alkanes) is 1. The lowest BCUT2D eigenvalue weighted by Gasteiger charge is -2.24. The number of aliphatic carboxylic acids is 1. The van der Waals surface area contributed by atoms with E-state index in [0.29, 0.717) is 19.4 Å². The van der Waals surface area contributed by atoms with Crippen LogP contribution >= 0.6 is 0 Å². The third-order valence-electron chi connectivity index (χ3n) is 4.10. The van der Waals surface area contributed by atoms with Crippen LogP contribution in [-0.2, 0) is 24.0 Å². The van der Waals surface area contributed by atoms with Crippen molar-refractivity contribution in [3.8, 4) is 0 Å². The third-order valence-corrected chi connectivity index (χ3v) is 4.10. The molecule has 13 heteroatoms. The number of hydrogen-bond donors (Lipinski definition) is 8. The van der Waals surface area contributed by atoms with E-state index in [1.54, 1.807) is 0 Å². The van der Waals surface area contributed by atoms with E-state index in [0.717, 1.165) is 0 Å². The lowest BCUT2D eigenvalue weighted by Crippen LogP contribution is -2.57. The van der Waals surface area contributed by atoms with Crippen molar-refractivity contribution in [1.82, 2.24) is 16.0 Å². The molecule has 11 N–H and O–H groups in total. The Morgan fingerprint density at radius 2 is 1.37 bits per heavy atom. The Balaban J connectivity index is 5.36. The zero-order valence-corrected chi connectivity index (χ0v) is 16.9. The molecule has 0 aromatic heterocycles. The Bertz CT molecular complexity index is 613. The summed E-state index contributed by atoms with van der Waals surface area (Å²) in [5.41, 5.74) is 16.0. The molecule has 0 bridgehead atoms. The molecule has 4 amide bonds. The number of carbonyl (C=O) groups excluding carboxylic acids is 4. The van der Waals surface area contributed by atoms with Gasteiger partial charge in [-0.05, 0) is 39.2 Å². The first-order chi connectivity index (χ1) is 14.0. The fourth-order valence-corrected chi connectivity index (χ4v) is 2.35. The highest BCUT2D eigenvalue weighted by molar-refractivity contribution is 5.94. The minimum atomic E-state index is -1.59. The number of amides is 4. The van der Waals surface area contributed by atoms with Crippen LogP contribution in [0, 0.1) is 0 Å². The predicted octanol–water partition coefficient (Wildman–Crippen LogP) is -3.74. The number of aliphatic hydroxyl groups is 1. The number of rotatable bonds is 15. The highest BCUT2D eigenvalue weighted by Crippen LogP contribution is 2.05. The molecule has 0 rings (SSSR count). The number of carboxylic acids is 1. The number of nitrogens with one attached hydrogen (secondary N) is 3. The van der Waals surface area contributed by atoms with E-state index in [4.69, 9.17) is 27.4 Å². The van der Waals surface area contributed by atoms with Crippen molar-refractivity contribution >= 4 is 29.6 Å². The Labute approximate surface area is 174 Å². The summed E-state index contributed by atoms with van der Waals surface area (Å²) in [6, 6.07) is -4.80. The van der Waals surface area contributed by atoms with Crippen LogP contribution in [0.1, 0.15) is 39.0 Å². The monoisotopic (exact) mass is 432 g/mol. The number of hydrogen-bond acceptors (Lipinski definition) is 8. The normalized spacial score (nSPS) is 14.7. The SMILES string of the molecule is CC(N)C(=O)NC(CCCCN)C(=O)NC(CCC(N)=O)C(=O)NC(CO)C(=O)O. The Morgan fingerprint density at radius 3 is 1.80 bits per heavy atom. The molecule has 0 aliphatic carbocycles. The van der Waals surface area contributed by atoms with Crippen LogP contribution in [0.3, 0.4) is 0 Å². The van der Waals surface area contributed by atoms with E-state index < -0.39 is 60.4 Å². The van der Waals surface area contributed by atoms with Crippen molar-refractivity contribution < 1.29 is 34.2 Å². The summed E-state index contributed by atoms with van der Waals surface area (Å²) in [7, 11) is 0. The fourth-order valence-electron chi connectivity index (χ4n) is 2.35. The molecule has 172 valence electrons. The molecule has 0 aliphatic rings. The molecule has 0 radical (unpaired) electrons. The van der Waals surface area contributed by atoms with Crippen molar-refractivity contribution in [1.29, 1.82) is 0 Å². The van der Waals surface area contributed by atoms with Crippen LogP contribution in [0.15, 0.2) is 0 Å². The smallest absolute Gasteiger partial charge is 0.328 e. The molecule has 13 nitrogen and oxygen atoms in total. The first-order valence-electron chi connectivity index (χ1n) is 9.52. The van der Waals surface area contributed by atoms with E-state index in [-0.39, 0.29) is 19.3 Å². The average molecular weight is 432 g/mol. The maximum Gasteiger partial charge on any atom is 0.328 e. The topological polar surface area (TPSA) is 240 Å². The molecule has 0 fully saturated rings. The van der Waals surface area contributed by atoms with Gasteiger partial charge in [-0.15, -0.1) is 0 Å². The van der Waals surface area contributed by atoms with Gasteiger partial charge >= 0.3 is 5.97 Å². The van der Waals surface area contributed by atoms with Gasteiger partial charge in [-0.1, -0.05) is 0 Å². The van der Waals surface area contributed by atoms with Crippen LogP contribution in [0.5, 0.6) is 0 Å². The van der Waals surface area contributed by atoms with Crippen molar-refractivity contribution in [3.63, 3.8) is 0 Å². The van der Waals surface area contributed by atoms with Crippen molar-refractivity contribution in [3.05, 3.63) is 0 Å². The van der Waals surface area contributed by atoms with Crippen LogP contribution in [0.4, 0.5) is 0 Å². The Morgan fingerprint density at radius 1 is 0.867 bits per heavy atom. The van der Waals surface area contributed by atoms with Crippen LogP contribution in [0.2, 0.25) is 0 Å². The van der Waals surface area contributed by atoms with E-state index >= 15 is 0 Å². The second kappa shape index (κ2) is 14.3. The second-order valence-corrected chi connectivity index (χ2v) is 6.78. The largest absolute Gasteiger partial charge is 0.480 e. The molecular formula is C17H32N6O7. The highest BCUT2D eigenvalue weighted by Gasteiger charge is 2.29. The molecule has 30 heavy (non-hydrogen) atoms. The molecular weight excluding hydrogens is 400 g/mol. The molecule has 0 aliphatic heterocycles. The van der Waals surface area contributed by atoms with E-state index in [9.17, 15) is 24.0 Å². The van der Waals surface area contributed by atoms with Gasteiger partial charge in [-0.2, -0.15) is 0 Å². The van der Waals surface area contributed by atoms with Gasteiger partial charge in [0.2, 0.25) is 23.6 Å². The number of primary amides is 1. The van der Waals surface area contributed by atoms with E-state index in [2.05, 4.69) is 16.0 Å². The Kier molecular flexibility index (Phi) is 12.9. The van der Waals surface area contributed by atoms with Gasteiger partial charge in [0, 0.05) is 6.42 Å². The van der Waals surface area contributed by atoms with Gasteiger partial charge in [0.05, 0.1) is 12.6 Å². The summed E-state index contributed by atoms with van der Waals surface area (Å²) in [5, 5.41) is 25.0. The van der Waals surface area contributed by atoms with Gasteiger partial charge in [0.25, 0.3) is 0 Å². The molecule has 0 heterocycles. The summed E-state index contributed by atoms with van der Waals surface area (Å²) in [4.78, 5) is 59.1. The molecule has 0 saturated heterocycles. The third kappa shape index (κ3) is 10.7. The minimum Gasteiger partial charge on any atom is -0.480 e. The fraction of sp³-hybridized carbons (Fsp3) is 0.706. The van der Waals surface area contributed by atoms with Crippen LogP contribution < -0.4 is 33.2 Å². The zero-order chi connectivity index (χ0) is 23.3. The van der Waals surface area contributed by atoms with Gasteiger partial charge in [0.1, 0.15) is 18.1 Å². The summed E-state index contributed by atoms with van der Waals surface area (Å²) in [6.07, 6.45) is 0.860. The quantitative estimate of drug-likeness (QED) is 0.118. The second-order valence-electron chi connectivity index (χ2n) is 6.78. The van der Waals surface area contributed by atoms with E-state index in [1.807, 2.05) is 0 Å². The van der Waals surface area contributed by atoms with Crippen molar-refractivity contribution in [2.24, 2.45) is 17.2 Å². The maximum absolute atomic E-state index is 12.7.